The van der Waals surface area contributed by atoms with Crippen LogP contribution in [0.5, 0.6) is 5.75 Å². The number of amides is 1. The van der Waals surface area contributed by atoms with Crippen molar-refractivity contribution in [3.05, 3.63) is 54.5 Å². The highest BCUT2D eigenvalue weighted by Gasteiger charge is 2.52. The van der Waals surface area contributed by atoms with Crippen LogP contribution in [0.3, 0.4) is 0 Å². The smallest absolute Gasteiger partial charge is 0.329 e. The zero-order chi connectivity index (χ0) is 21.8. The zero-order valence-electron chi connectivity index (χ0n) is 16.7. The summed E-state index contributed by atoms with van der Waals surface area (Å²) in [6, 6.07) is 11.5. The second-order valence-corrected chi connectivity index (χ2v) is 7.15. The molecule has 2 fully saturated rings. The van der Waals surface area contributed by atoms with Gasteiger partial charge in [-0.25, -0.2) is 4.79 Å². The highest BCUT2D eigenvalue weighted by atomic mass is 16.8. The minimum absolute atomic E-state index is 0.129. The summed E-state index contributed by atoms with van der Waals surface area (Å²) >= 11 is 0. The molecule has 0 spiro atoms. The van der Waals surface area contributed by atoms with Gasteiger partial charge in [0.25, 0.3) is 0 Å². The summed E-state index contributed by atoms with van der Waals surface area (Å²) in [4.78, 5) is 23.1. The molecule has 2 aromatic rings. The number of rotatable bonds is 7. The molecule has 1 amide bonds. The van der Waals surface area contributed by atoms with Crippen molar-refractivity contribution < 1.29 is 42.8 Å². The first-order chi connectivity index (χ1) is 15.0. The van der Waals surface area contributed by atoms with Crippen molar-refractivity contribution in [3.63, 3.8) is 0 Å². The Morgan fingerprint density at radius 3 is 2.65 bits per heavy atom. The van der Waals surface area contributed by atoms with E-state index in [1.165, 1.54) is 13.2 Å². The van der Waals surface area contributed by atoms with Gasteiger partial charge >= 0.3 is 5.97 Å². The maximum atomic E-state index is 11.9. The normalized spacial score (nSPS) is 30.2. The van der Waals surface area contributed by atoms with E-state index in [1.54, 1.807) is 36.4 Å². The number of ether oxygens (including phenoxy) is 5. The third-order valence-corrected chi connectivity index (χ3v) is 4.88. The molecule has 3 heterocycles. The second kappa shape index (κ2) is 9.48. The van der Waals surface area contributed by atoms with Crippen molar-refractivity contribution in [1.29, 1.82) is 0 Å². The van der Waals surface area contributed by atoms with Gasteiger partial charge in [-0.05, 0) is 24.3 Å². The van der Waals surface area contributed by atoms with Crippen molar-refractivity contribution in [1.82, 2.24) is 5.32 Å². The number of hydrogen-bond donors (Lipinski definition) is 2. The van der Waals surface area contributed by atoms with Gasteiger partial charge in [0, 0.05) is 6.92 Å². The van der Waals surface area contributed by atoms with E-state index in [-0.39, 0.29) is 12.5 Å². The third kappa shape index (κ3) is 5.05. The van der Waals surface area contributed by atoms with Crippen LogP contribution in [-0.4, -0.2) is 60.8 Å². The van der Waals surface area contributed by atoms with Crippen LogP contribution in [0.1, 0.15) is 19.0 Å². The van der Waals surface area contributed by atoms with Crippen molar-refractivity contribution in [2.75, 3.05) is 13.2 Å². The summed E-state index contributed by atoms with van der Waals surface area (Å²) in [5.41, 5.74) is 0. The maximum absolute atomic E-state index is 11.9. The van der Waals surface area contributed by atoms with Crippen molar-refractivity contribution in [2.45, 2.75) is 43.9 Å². The monoisotopic (exact) mass is 433 g/mol. The van der Waals surface area contributed by atoms with E-state index in [2.05, 4.69) is 5.32 Å². The SMILES string of the molecule is CC(=O)N[C@@H]1[C@H](Oc2ccccc2)O[C@@H]2CO[C@@H](c3ccco3)O[C@@H]2[C@@H]1OCC(=O)O. The highest BCUT2D eigenvalue weighted by Crippen LogP contribution is 2.36. The van der Waals surface area contributed by atoms with Gasteiger partial charge in [0.15, 0.2) is 5.76 Å². The fourth-order valence-electron chi connectivity index (χ4n) is 3.63. The molecule has 0 radical (unpaired) electrons. The topological polar surface area (TPSA) is 126 Å². The Bertz CT molecular complexity index is 872. The van der Waals surface area contributed by atoms with E-state index in [0.717, 1.165) is 0 Å². The molecule has 0 unspecified atom stereocenters. The number of nitrogens with one attached hydrogen (secondary N) is 1. The van der Waals surface area contributed by atoms with Gasteiger partial charge in [-0.2, -0.15) is 0 Å². The van der Waals surface area contributed by atoms with Crippen LogP contribution in [0.2, 0.25) is 0 Å². The summed E-state index contributed by atoms with van der Waals surface area (Å²) in [6.07, 6.45) is -2.53. The van der Waals surface area contributed by atoms with Crippen LogP contribution in [-0.2, 0) is 28.5 Å². The Hall–Kier alpha value is -2.92. The Morgan fingerprint density at radius 2 is 1.97 bits per heavy atom. The summed E-state index contributed by atoms with van der Waals surface area (Å²) in [5.74, 6) is -0.536. The molecular formula is C21H23NO9. The fraction of sp³-hybridized carbons (Fsp3) is 0.429. The Morgan fingerprint density at radius 1 is 1.16 bits per heavy atom. The standard InChI is InChI=1S/C21H23NO9/c1-12(23)22-17-19(27-11-16(24)25)18-15(10-28-20(31-18)14-8-5-9-26-14)30-21(17)29-13-6-3-2-4-7-13/h2-9,15,17-21H,10-11H2,1H3,(H,22,23)(H,24,25)/t15-,17+,18+,19-,20-,21-/m1/s1. The van der Waals surface area contributed by atoms with Gasteiger partial charge in [-0.1, -0.05) is 18.2 Å². The first-order valence-electron chi connectivity index (χ1n) is 9.79. The number of carboxylic acid groups (broad SMARTS) is 1. The van der Waals surface area contributed by atoms with Gasteiger partial charge < -0.3 is 38.5 Å². The average molecular weight is 433 g/mol. The Kier molecular flexibility index (Phi) is 6.52. The Balaban J connectivity index is 1.61. The molecule has 2 aliphatic rings. The van der Waals surface area contributed by atoms with Crippen LogP contribution in [0, 0.1) is 0 Å². The fourth-order valence-corrected chi connectivity index (χ4v) is 3.63. The number of carbonyl (C=O) groups is 2. The molecule has 10 nitrogen and oxygen atoms in total. The molecule has 4 rings (SSSR count). The molecule has 31 heavy (non-hydrogen) atoms. The van der Waals surface area contributed by atoms with Crippen molar-refractivity contribution in [3.8, 4) is 5.75 Å². The van der Waals surface area contributed by atoms with Gasteiger partial charge in [-0.3, -0.25) is 4.79 Å². The third-order valence-electron chi connectivity index (χ3n) is 4.88. The second-order valence-electron chi connectivity index (χ2n) is 7.15. The molecule has 0 aliphatic carbocycles. The van der Waals surface area contributed by atoms with E-state index in [1.807, 2.05) is 6.07 Å². The van der Waals surface area contributed by atoms with E-state index >= 15 is 0 Å². The number of para-hydroxylation sites is 1. The number of benzene rings is 1. The van der Waals surface area contributed by atoms with Crippen molar-refractivity contribution in [2.24, 2.45) is 0 Å². The van der Waals surface area contributed by atoms with E-state index < -0.39 is 49.5 Å². The number of carboxylic acids is 1. The van der Waals surface area contributed by atoms with Crippen LogP contribution < -0.4 is 10.1 Å². The number of hydrogen-bond acceptors (Lipinski definition) is 8. The lowest BCUT2D eigenvalue weighted by molar-refractivity contribution is -0.340. The molecule has 10 heteroatoms. The molecule has 1 aromatic heterocycles. The van der Waals surface area contributed by atoms with Gasteiger partial charge in [0.2, 0.25) is 18.5 Å². The van der Waals surface area contributed by atoms with Gasteiger partial charge in [0.05, 0.1) is 12.9 Å². The molecule has 1 aromatic carbocycles. The molecule has 2 N–H and O–H groups in total. The van der Waals surface area contributed by atoms with E-state index in [9.17, 15) is 9.59 Å². The molecule has 0 saturated carbocycles. The van der Waals surface area contributed by atoms with Crippen molar-refractivity contribution >= 4 is 11.9 Å². The first kappa shape index (κ1) is 21.3. The summed E-state index contributed by atoms with van der Waals surface area (Å²) in [5, 5.41) is 11.9. The zero-order valence-corrected chi connectivity index (χ0v) is 16.7. The van der Waals surface area contributed by atoms with Crippen LogP contribution in [0.25, 0.3) is 0 Å². The molecule has 2 saturated heterocycles. The highest BCUT2D eigenvalue weighted by molar-refractivity contribution is 5.73. The van der Waals surface area contributed by atoms with Gasteiger partial charge in [-0.15, -0.1) is 0 Å². The largest absolute Gasteiger partial charge is 0.480 e. The summed E-state index contributed by atoms with van der Waals surface area (Å²) < 4.78 is 34.8. The number of furan rings is 1. The minimum atomic E-state index is -1.15. The minimum Gasteiger partial charge on any atom is -0.480 e. The predicted molar refractivity (Wildman–Crippen MR) is 103 cm³/mol. The quantitative estimate of drug-likeness (QED) is 0.668. The molecule has 2 aliphatic heterocycles. The van der Waals surface area contributed by atoms with E-state index in [0.29, 0.717) is 11.5 Å². The molecule has 6 atom stereocenters. The number of fused-ring (bicyclic) bond motifs is 1. The summed E-state index contributed by atoms with van der Waals surface area (Å²) in [6.45, 7) is 0.887. The van der Waals surface area contributed by atoms with Gasteiger partial charge in [0.1, 0.15) is 36.7 Å². The lowest BCUT2D eigenvalue weighted by Crippen LogP contribution is -2.68. The molecule has 166 valence electrons. The molecule has 0 bridgehead atoms. The van der Waals surface area contributed by atoms with Crippen LogP contribution in [0.15, 0.2) is 53.1 Å². The number of carbonyl (C=O) groups excluding carboxylic acids is 1. The number of aliphatic carboxylic acids is 1. The van der Waals surface area contributed by atoms with E-state index in [4.69, 9.17) is 33.2 Å². The van der Waals surface area contributed by atoms with Crippen LogP contribution >= 0.6 is 0 Å². The molecular weight excluding hydrogens is 410 g/mol. The summed E-state index contributed by atoms with van der Waals surface area (Å²) in [7, 11) is 0. The van der Waals surface area contributed by atoms with Crippen LogP contribution in [0.4, 0.5) is 0 Å². The Labute approximate surface area is 178 Å². The lowest BCUT2D eigenvalue weighted by Gasteiger charge is -2.48. The predicted octanol–water partition coefficient (Wildman–Crippen LogP) is 1.47. The lowest BCUT2D eigenvalue weighted by atomic mass is 9.95. The first-order valence-corrected chi connectivity index (χ1v) is 9.79. The average Bonchev–Trinajstić information content (AvgIpc) is 3.28. The maximum Gasteiger partial charge on any atom is 0.329 e.